The van der Waals surface area contributed by atoms with Crippen molar-refractivity contribution in [1.29, 1.82) is 5.26 Å². The molecule has 1 aromatic heterocycles. The van der Waals surface area contributed by atoms with Gasteiger partial charge >= 0.3 is 11.8 Å². The van der Waals surface area contributed by atoms with E-state index in [0.717, 1.165) is 0 Å². The maximum atomic E-state index is 13.2. The summed E-state index contributed by atoms with van der Waals surface area (Å²) in [6, 6.07) is 14.1. The molecule has 0 fully saturated rings. The average Bonchev–Trinajstić information content (AvgIpc) is 3.05. The van der Waals surface area contributed by atoms with Gasteiger partial charge in [-0.3, -0.25) is 4.79 Å². The predicted octanol–water partition coefficient (Wildman–Crippen LogP) is 3.00. The smallest absolute Gasteiger partial charge is 0.313 e. The Balaban J connectivity index is 1.83. The lowest BCUT2D eigenvalue weighted by molar-refractivity contribution is 0.0991. The Hall–Kier alpha value is -3.53. The fraction of sp³-hybridized carbons (Fsp3) is 0. The number of aromatic nitrogens is 2. The second-order valence-corrected chi connectivity index (χ2v) is 4.53. The third kappa shape index (κ3) is 3.06. The van der Waals surface area contributed by atoms with Gasteiger partial charge in [0, 0.05) is 5.56 Å². The van der Waals surface area contributed by atoms with Crippen LogP contribution >= 0.6 is 0 Å². The molecule has 0 atom stereocenters. The number of halogens is 1. The predicted molar refractivity (Wildman–Crippen MR) is 78.8 cm³/mol. The Bertz CT molecular complexity index is 914. The summed E-state index contributed by atoms with van der Waals surface area (Å²) in [5.41, 5.74) is 1.02. The van der Waals surface area contributed by atoms with Gasteiger partial charge in [-0.25, -0.2) is 4.39 Å². The summed E-state index contributed by atoms with van der Waals surface area (Å²) in [4.78, 5) is 12.1. The van der Waals surface area contributed by atoms with Crippen LogP contribution < -0.4 is 5.32 Å². The van der Waals surface area contributed by atoms with E-state index in [1.54, 1.807) is 30.3 Å². The van der Waals surface area contributed by atoms with Crippen molar-refractivity contribution in [2.45, 2.75) is 0 Å². The van der Waals surface area contributed by atoms with Gasteiger partial charge in [0.05, 0.1) is 11.3 Å². The Morgan fingerprint density at radius 1 is 1.17 bits per heavy atom. The molecular weight excluding hydrogens is 299 g/mol. The highest BCUT2D eigenvalue weighted by Gasteiger charge is 2.17. The van der Waals surface area contributed by atoms with Crippen LogP contribution in [-0.2, 0) is 0 Å². The molecule has 2 aromatic carbocycles. The average molecular weight is 308 g/mol. The van der Waals surface area contributed by atoms with Crippen molar-refractivity contribution in [1.82, 2.24) is 10.2 Å². The number of carbonyl (C=O) groups is 1. The van der Waals surface area contributed by atoms with Gasteiger partial charge in [-0.1, -0.05) is 18.2 Å². The zero-order valence-corrected chi connectivity index (χ0v) is 11.7. The van der Waals surface area contributed by atoms with Crippen LogP contribution in [0.1, 0.15) is 16.2 Å². The molecule has 0 aliphatic heterocycles. The van der Waals surface area contributed by atoms with Crippen LogP contribution in [0.4, 0.5) is 10.1 Å². The summed E-state index contributed by atoms with van der Waals surface area (Å²) in [6.07, 6.45) is 0. The molecule has 1 heterocycles. The van der Waals surface area contributed by atoms with E-state index >= 15 is 0 Å². The number of anilines is 1. The van der Waals surface area contributed by atoms with Gasteiger partial charge in [-0.15, -0.1) is 10.2 Å². The zero-order valence-electron chi connectivity index (χ0n) is 11.7. The van der Waals surface area contributed by atoms with Gasteiger partial charge in [0.25, 0.3) is 0 Å². The lowest BCUT2D eigenvalue weighted by Crippen LogP contribution is -2.13. The van der Waals surface area contributed by atoms with Crippen molar-refractivity contribution in [3.05, 3.63) is 65.8 Å². The van der Waals surface area contributed by atoms with Crippen LogP contribution in [0.2, 0.25) is 0 Å². The third-order valence-electron chi connectivity index (χ3n) is 2.99. The number of carbonyl (C=O) groups excluding carboxylic acids is 1. The second kappa shape index (κ2) is 6.07. The molecule has 3 aromatic rings. The molecule has 0 aliphatic carbocycles. The molecular formula is C16H9FN4O2. The van der Waals surface area contributed by atoms with Crippen LogP contribution in [0.5, 0.6) is 0 Å². The largest absolute Gasteiger partial charge is 0.412 e. The van der Waals surface area contributed by atoms with E-state index in [1.165, 1.54) is 18.2 Å². The van der Waals surface area contributed by atoms with Crippen LogP contribution in [0.15, 0.2) is 52.9 Å². The zero-order chi connectivity index (χ0) is 16.2. The molecule has 1 N–H and O–H groups in total. The highest BCUT2D eigenvalue weighted by molar-refractivity contribution is 6.01. The van der Waals surface area contributed by atoms with E-state index in [2.05, 4.69) is 15.5 Å². The number of hydrogen-bond donors (Lipinski definition) is 1. The summed E-state index contributed by atoms with van der Waals surface area (Å²) in [6.45, 7) is 0. The molecule has 0 bridgehead atoms. The number of amides is 1. The first-order valence-corrected chi connectivity index (χ1v) is 6.57. The summed E-state index contributed by atoms with van der Waals surface area (Å²) in [5, 5.41) is 18.9. The van der Waals surface area contributed by atoms with E-state index in [0.29, 0.717) is 16.8 Å². The van der Waals surface area contributed by atoms with Gasteiger partial charge in [-0.2, -0.15) is 5.26 Å². The van der Waals surface area contributed by atoms with E-state index in [9.17, 15) is 9.18 Å². The Morgan fingerprint density at radius 2 is 2.00 bits per heavy atom. The number of nitriles is 1. The Labute approximate surface area is 130 Å². The summed E-state index contributed by atoms with van der Waals surface area (Å²) in [5.74, 6) is -1.35. The maximum absolute atomic E-state index is 13.2. The van der Waals surface area contributed by atoms with Gasteiger partial charge in [0.15, 0.2) is 0 Å². The van der Waals surface area contributed by atoms with Gasteiger partial charge in [0.2, 0.25) is 5.89 Å². The molecule has 0 unspecified atom stereocenters. The molecule has 0 spiro atoms. The molecule has 7 heteroatoms. The van der Waals surface area contributed by atoms with Crippen molar-refractivity contribution in [2.24, 2.45) is 0 Å². The van der Waals surface area contributed by atoms with Crippen molar-refractivity contribution < 1.29 is 13.6 Å². The summed E-state index contributed by atoms with van der Waals surface area (Å²) in [7, 11) is 0. The Morgan fingerprint density at radius 3 is 2.78 bits per heavy atom. The number of nitrogens with one attached hydrogen (secondary N) is 1. The molecule has 1 amide bonds. The van der Waals surface area contributed by atoms with Crippen molar-refractivity contribution in [3.8, 4) is 17.5 Å². The van der Waals surface area contributed by atoms with Crippen LogP contribution in [0, 0.1) is 17.1 Å². The molecule has 112 valence electrons. The van der Waals surface area contributed by atoms with Crippen LogP contribution in [0.25, 0.3) is 11.5 Å². The minimum Gasteiger partial charge on any atom is -0.412 e. The van der Waals surface area contributed by atoms with Gasteiger partial charge in [0.1, 0.15) is 11.9 Å². The quantitative estimate of drug-likeness (QED) is 0.803. The monoisotopic (exact) mass is 308 g/mol. The highest BCUT2D eigenvalue weighted by atomic mass is 19.1. The molecule has 0 saturated heterocycles. The lowest BCUT2D eigenvalue weighted by atomic mass is 10.2. The summed E-state index contributed by atoms with van der Waals surface area (Å²) >= 11 is 0. The minimum absolute atomic E-state index is 0.0308. The fourth-order valence-corrected chi connectivity index (χ4v) is 1.92. The number of hydrogen-bond acceptors (Lipinski definition) is 5. The topological polar surface area (TPSA) is 91.8 Å². The van der Waals surface area contributed by atoms with Crippen molar-refractivity contribution in [2.75, 3.05) is 5.32 Å². The molecule has 3 rings (SSSR count). The molecule has 6 nitrogen and oxygen atoms in total. The number of para-hydroxylation sites is 1. The molecule has 23 heavy (non-hydrogen) atoms. The number of nitrogens with zero attached hydrogens (tertiary/aromatic N) is 3. The summed E-state index contributed by atoms with van der Waals surface area (Å²) < 4.78 is 18.4. The molecule has 0 radical (unpaired) electrons. The van der Waals surface area contributed by atoms with E-state index < -0.39 is 11.7 Å². The van der Waals surface area contributed by atoms with Crippen molar-refractivity contribution in [3.63, 3.8) is 0 Å². The van der Waals surface area contributed by atoms with E-state index in [-0.39, 0.29) is 11.8 Å². The molecule has 0 aliphatic rings. The third-order valence-corrected chi connectivity index (χ3v) is 2.99. The minimum atomic E-state index is -0.650. The Kier molecular flexibility index (Phi) is 3.80. The highest BCUT2D eigenvalue weighted by Crippen LogP contribution is 2.20. The first-order valence-electron chi connectivity index (χ1n) is 6.57. The fourth-order valence-electron chi connectivity index (χ4n) is 1.92. The van der Waals surface area contributed by atoms with E-state index in [1.807, 2.05) is 6.07 Å². The number of benzene rings is 2. The lowest BCUT2D eigenvalue weighted by Gasteiger charge is -2.03. The van der Waals surface area contributed by atoms with Gasteiger partial charge < -0.3 is 9.73 Å². The van der Waals surface area contributed by atoms with Crippen LogP contribution in [-0.4, -0.2) is 16.1 Å². The first-order chi connectivity index (χ1) is 11.2. The molecule has 0 saturated carbocycles. The normalized spacial score (nSPS) is 10.1. The first kappa shape index (κ1) is 14.4. The SMILES string of the molecule is N#Cc1ccccc1NC(=O)c1nnc(-c2cccc(F)c2)o1. The van der Waals surface area contributed by atoms with Crippen LogP contribution in [0.3, 0.4) is 0 Å². The van der Waals surface area contributed by atoms with E-state index in [4.69, 9.17) is 9.68 Å². The van der Waals surface area contributed by atoms with Gasteiger partial charge in [-0.05, 0) is 30.3 Å². The standard InChI is InChI=1S/C16H9FN4O2/c17-12-6-3-5-10(8-12)15-20-21-16(23-15)14(22)19-13-7-2-1-4-11(13)9-18/h1-8H,(H,19,22). The maximum Gasteiger partial charge on any atom is 0.313 e. The number of rotatable bonds is 3. The van der Waals surface area contributed by atoms with Crippen molar-refractivity contribution >= 4 is 11.6 Å². The second-order valence-electron chi connectivity index (χ2n) is 4.53.